The second kappa shape index (κ2) is 6.23. The number of hydrogen-bond donors (Lipinski definition) is 1. The normalized spacial score (nSPS) is 22.3. The van der Waals surface area contributed by atoms with Crippen molar-refractivity contribution in [2.75, 3.05) is 13.1 Å². The summed E-state index contributed by atoms with van der Waals surface area (Å²) in [6.45, 7) is -1.81. The highest BCUT2D eigenvalue weighted by molar-refractivity contribution is 7.89. The van der Waals surface area contributed by atoms with Crippen LogP contribution in [0.2, 0.25) is 5.02 Å². The number of carbonyl (C=O) groups is 1. The average Bonchev–Trinajstić information content (AvgIpc) is 2.93. The Balaban J connectivity index is 2.41. The highest BCUT2D eigenvalue weighted by atomic mass is 35.5. The van der Waals surface area contributed by atoms with Gasteiger partial charge in [-0.25, -0.2) is 8.42 Å². The maximum Gasteiger partial charge on any atom is 0.393 e. The van der Waals surface area contributed by atoms with Gasteiger partial charge in [-0.2, -0.15) is 22.7 Å². The van der Waals surface area contributed by atoms with E-state index in [-0.39, 0.29) is 10.6 Å². The van der Waals surface area contributed by atoms with Crippen LogP contribution in [0.15, 0.2) is 23.1 Å². The zero-order chi connectivity index (χ0) is 18.3. The van der Waals surface area contributed by atoms with Crippen molar-refractivity contribution < 1.29 is 31.5 Å². The van der Waals surface area contributed by atoms with Gasteiger partial charge in [0.2, 0.25) is 10.0 Å². The van der Waals surface area contributed by atoms with Crippen molar-refractivity contribution in [3.8, 4) is 6.07 Å². The molecule has 0 bridgehead atoms. The summed E-state index contributed by atoms with van der Waals surface area (Å²) < 4.78 is 64.3. The van der Waals surface area contributed by atoms with E-state index < -0.39 is 52.0 Å². The van der Waals surface area contributed by atoms with Gasteiger partial charge in [-0.15, -0.1) is 0 Å². The van der Waals surface area contributed by atoms with Crippen molar-refractivity contribution in [3.05, 3.63) is 28.8 Å². The van der Waals surface area contributed by atoms with Crippen LogP contribution in [0.5, 0.6) is 0 Å². The average molecular weight is 383 g/mol. The maximum atomic E-state index is 13.0. The SMILES string of the molecule is N#Cc1ccc(S(=O)(=O)N2C[C@@H](C(F)(F)F)[C@H](C(=O)O)C2)c(Cl)c1. The molecule has 1 aliphatic heterocycles. The minimum absolute atomic E-state index is 0.0805. The number of nitriles is 1. The molecular formula is C13H10ClF3N2O4S. The van der Waals surface area contributed by atoms with Crippen LogP contribution in [0.3, 0.4) is 0 Å². The minimum atomic E-state index is -4.85. The molecule has 0 unspecified atom stereocenters. The molecule has 1 aromatic carbocycles. The first-order valence-corrected chi connectivity index (χ1v) is 8.29. The van der Waals surface area contributed by atoms with Gasteiger partial charge in [0.1, 0.15) is 4.90 Å². The fourth-order valence-electron chi connectivity index (χ4n) is 2.46. The van der Waals surface area contributed by atoms with Gasteiger partial charge in [0.25, 0.3) is 0 Å². The fourth-order valence-corrected chi connectivity index (χ4v) is 4.47. The Morgan fingerprint density at radius 3 is 2.42 bits per heavy atom. The van der Waals surface area contributed by atoms with Crippen molar-refractivity contribution in [1.82, 2.24) is 4.31 Å². The molecule has 24 heavy (non-hydrogen) atoms. The molecule has 6 nitrogen and oxygen atoms in total. The molecule has 0 radical (unpaired) electrons. The summed E-state index contributed by atoms with van der Waals surface area (Å²) >= 11 is 5.80. The smallest absolute Gasteiger partial charge is 0.393 e. The van der Waals surface area contributed by atoms with Gasteiger partial charge < -0.3 is 5.11 Å². The summed E-state index contributed by atoms with van der Waals surface area (Å²) in [4.78, 5) is 10.6. The number of alkyl halides is 3. The van der Waals surface area contributed by atoms with Crippen molar-refractivity contribution in [3.63, 3.8) is 0 Å². The van der Waals surface area contributed by atoms with Crippen LogP contribution in [-0.4, -0.2) is 43.1 Å². The number of hydrogen-bond acceptors (Lipinski definition) is 4. The third-order valence-corrected chi connectivity index (χ3v) is 6.02. The number of nitrogens with zero attached hydrogens (tertiary/aromatic N) is 2. The lowest BCUT2D eigenvalue weighted by Crippen LogP contribution is -2.34. The Morgan fingerprint density at radius 1 is 1.38 bits per heavy atom. The zero-order valence-corrected chi connectivity index (χ0v) is 13.4. The number of carboxylic acids is 1. The van der Waals surface area contributed by atoms with Gasteiger partial charge in [-0.05, 0) is 18.2 Å². The quantitative estimate of drug-likeness (QED) is 0.863. The number of benzene rings is 1. The van der Waals surface area contributed by atoms with E-state index in [0.29, 0.717) is 4.31 Å². The lowest BCUT2D eigenvalue weighted by atomic mass is 9.96. The van der Waals surface area contributed by atoms with Crippen LogP contribution < -0.4 is 0 Å². The molecule has 1 saturated heterocycles. The van der Waals surface area contributed by atoms with Crippen molar-refractivity contribution >= 4 is 27.6 Å². The Kier molecular flexibility index (Phi) is 4.81. The van der Waals surface area contributed by atoms with Gasteiger partial charge in [0.15, 0.2) is 0 Å². The predicted octanol–water partition coefficient (Wildman–Crippen LogP) is 2.10. The molecule has 0 aliphatic carbocycles. The summed E-state index contributed by atoms with van der Waals surface area (Å²) in [6, 6.07) is 4.98. The Labute approximate surface area is 140 Å². The molecule has 130 valence electrons. The van der Waals surface area contributed by atoms with Crippen LogP contribution in [0, 0.1) is 23.2 Å². The monoisotopic (exact) mass is 382 g/mol. The van der Waals surface area contributed by atoms with E-state index in [1.54, 1.807) is 6.07 Å². The molecule has 2 atom stereocenters. The maximum absolute atomic E-state index is 13.0. The van der Waals surface area contributed by atoms with Gasteiger partial charge >= 0.3 is 12.1 Å². The van der Waals surface area contributed by atoms with Gasteiger partial charge in [0, 0.05) is 13.1 Å². The lowest BCUT2D eigenvalue weighted by Gasteiger charge is -2.18. The summed E-state index contributed by atoms with van der Waals surface area (Å²) in [5, 5.41) is 17.3. The zero-order valence-electron chi connectivity index (χ0n) is 11.8. The van der Waals surface area contributed by atoms with Gasteiger partial charge in [-0.3, -0.25) is 4.79 Å². The Bertz CT molecular complexity index is 819. The number of aliphatic carboxylic acids is 1. The molecule has 1 heterocycles. The van der Waals surface area contributed by atoms with E-state index in [9.17, 15) is 26.4 Å². The van der Waals surface area contributed by atoms with Crippen LogP contribution >= 0.6 is 11.6 Å². The number of rotatable bonds is 3. The second-order valence-corrected chi connectivity index (χ2v) is 7.49. The molecule has 0 spiro atoms. The Morgan fingerprint density at radius 2 is 2.00 bits per heavy atom. The first-order chi connectivity index (χ1) is 11.0. The van der Waals surface area contributed by atoms with Crippen LogP contribution in [0.25, 0.3) is 0 Å². The first-order valence-electron chi connectivity index (χ1n) is 6.47. The molecule has 1 fully saturated rings. The highest BCUT2D eigenvalue weighted by Gasteiger charge is 2.55. The molecule has 1 aromatic rings. The van der Waals surface area contributed by atoms with Crippen molar-refractivity contribution in [1.29, 1.82) is 5.26 Å². The van der Waals surface area contributed by atoms with Crippen LogP contribution in [0.4, 0.5) is 13.2 Å². The van der Waals surface area contributed by atoms with Gasteiger partial charge in [0.05, 0.1) is 28.5 Å². The molecule has 0 amide bonds. The highest BCUT2D eigenvalue weighted by Crippen LogP contribution is 2.40. The standard InChI is InChI=1S/C13H10ClF3N2O4S/c14-10-3-7(4-18)1-2-11(10)24(22,23)19-5-8(12(20)21)9(6-19)13(15,16)17/h1-3,8-9H,5-6H2,(H,20,21)/t8-,9-/m1/s1. The number of halogens is 4. The third-order valence-electron chi connectivity index (χ3n) is 3.70. The van der Waals surface area contributed by atoms with Crippen molar-refractivity contribution in [2.45, 2.75) is 11.1 Å². The molecular weight excluding hydrogens is 373 g/mol. The molecule has 11 heteroatoms. The van der Waals surface area contributed by atoms with E-state index in [4.69, 9.17) is 22.0 Å². The second-order valence-electron chi connectivity index (χ2n) is 5.17. The topological polar surface area (TPSA) is 98.5 Å². The summed E-state index contributed by atoms with van der Waals surface area (Å²) in [5.74, 6) is -5.92. The van der Waals surface area contributed by atoms with Crippen LogP contribution in [0.1, 0.15) is 5.56 Å². The molecule has 1 aliphatic rings. The van der Waals surface area contributed by atoms with Crippen LogP contribution in [-0.2, 0) is 14.8 Å². The number of sulfonamides is 1. The first kappa shape index (κ1) is 18.5. The summed E-state index contributed by atoms with van der Waals surface area (Å²) in [6.07, 6.45) is -4.85. The van der Waals surface area contributed by atoms with Gasteiger partial charge in [-0.1, -0.05) is 11.6 Å². The lowest BCUT2D eigenvalue weighted by molar-refractivity contribution is -0.187. The van der Waals surface area contributed by atoms with E-state index in [1.165, 1.54) is 0 Å². The minimum Gasteiger partial charge on any atom is -0.481 e. The molecule has 0 saturated carbocycles. The van der Waals surface area contributed by atoms with Crippen molar-refractivity contribution in [2.24, 2.45) is 11.8 Å². The summed E-state index contributed by atoms with van der Waals surface area (Å²) in [5.41, 5.74) is 0.0805. The van der Waals surface area contributed by atoms with E-state index in [0.717, 1.165) is 18.2 Å². The van der Waals surface area contributed by atoms with E-state index in [1.807, 2.05) is 0 Å². The third kappa shape index (κ3) is 3.33. The van der Waals surface area contributed by atoms with E-state index in [2.05, 4.69) is 0 Å². The Hall–Kier alpha value is -1.83. The molecule has 2 rings (SSSR count). The van der Waals surface area contributed by atoms with E-state index >= 15 is 0 Å². The largest absolute Gasteiger partial charge is 0.481 e. The molecule has 0 aromatic heterocycles. The fraction of sp³-hybridized carbons (Fsp3) is 0.385. The predicted molar refractivity (Wildman–Crippen MR) is 75.6 cm³/mol. The number of carboxylic acid groups (broad SMARTS) is 1. The molecule has 1 N–H and O–H groups in total. The summed E-state index contributed by atoms with van der Waals surface area (Å²) in [7, 11) is -4.43.